The fourth-order valence-corrected chi connectivity index (χ4v) is 5.39. The molecular weight excluding hydrogens is 408 g/mol. The Labute approximate surface area is 183 Å². The summed E-state index contributed by atoms with van der Waals surface area (Å²) in [6.07, 6.45) is 2.95. The van der Waals surface area contributed by atoms with Crippen LogP contribution in [-0.2, 0) is 16.4 Å². The lowest BCUT2D eigenvalue weighted by molar-refractivity contribution is 0.0932. The van der Waals surface area contributed by atoms with E-state index in [1.54, 1.807) is 48.5 Å². The van der Waals surface area contributed by atoms with Gasteiger partial charge >= 0.3 is 0 Å². The van der Waals surface area contributed by atoms with Gasteiger partial charge in [0.25, 0.3) is 15.9 Å². The molecule has 0 saturated heterocycles. The molecule has 1 aliphatic carbocycles. The number of nitrogens with zero attached hydrogens (tertiary/aromatic N) is 1. The smallest absolute Gasteiger partial charge is 0.264 e. The molecule has 0 aliphatic heterocycles. The Kier molecular flexibility index (Phi) is 5.83. The number of amides is 1. The minimum absolute atomic E-state index is 0.0343. The first-order valence-corrected chi connectivity index (χ1v) is 11.9. The molecule has 0 saturated carbocycles. The number of benzene rings is 3. The number of aryl methyl sites for hydroxylation is 2. The molecule has 0 heterocycles. The summed E-state index contributed by atoms with van der Waals surface area (Å²) in [7, 11) is -2.20. The van der Waals surface area contributed by atoms with Crippen LogP contribution in [0.1, 0.15) is 45.9 Å². The Morgan fingerprint density at radius 1 is 1.00 bits per heavy atom. The molecule has 0 aromatic heterocycles. The molecule has 1 amide bonds. The first-order valence-electron chi connectivity index (χ1n) is 10.4. The van der Waals surface area contributed by atoms with Crippen molar-refractivity contribution < 1.29 is 13.2 Å². The summed E-state index contributed by atoms with van der Waals surface area (Å²) in [5.74, 6) is -0.200. The second kappa shape index (κ2) is 8.55. The number of carbonyl (C=O) groups excluding carboxylic acids is 1. The molecule has 0 spiro atoms. The molecule has 0 radical (unpaired) electrons. The van der Waals surface area contributed by atoms with Crippen LogP contribution >= 0.6 is 0 Å². The molecule has 160 valence electrons. The third-order valence-electron chi connectivity index (χ3n) is 5.89. The minimum atomic E-state index is -3.72. The highest BCUT2D eigenvalue weighted by atomic mass is 32.2. The molecule has 6 heteroatoms. The maximum absolute atomic E-state index is 13.0. The van der Waals surface area contributed by atoms with Gasteiger partial charge in [0.1, 0.15) is 0 Å². The number of hydrogen-bond donors (Lipinski definition) is 1. The van der Waals surface area contributed by atoms with E-state index >= 15 is 0 Å². The van der Waals surface area contributed by atoms with Gasteiger partial charge in [-0.05, 0) is 67.1 Å². The van der Waals surface area contributed by atoms with E-state index < -0.39 is 10.0 Å². The van der Waals surface area contributed by atoms with Gasteiger partial charge in [0.15, 0.2) is 0 Å². The van der Waals surface area contributed by atoms with Crippen molar-refractivity contribution in [2.45, 2.75) is 37.1 Å². The van der Waals surface area contributed by atoms with Gasteiger partial charge in [0.2, 0.25) is 0 Å². The Balaban J connectivity index is 1.60. The Morgan fingerprint density at radius 3 is 2.48 bits per heavy atom. The van der Waals surface area contributed by atoms with Crippen LogP contribution in [0.15, 0.2) is 77.7 Å². The molecule has 5 nitrogen and oxygen atoms in total. The van der Waals surface area contributed by atoms with Gasteiger partial charge in [0, 0.05) is 12.6 Å². The second-order valence-corrected chi connectivity index (χ2v) is 9.87. The quantitative estimate of drug-likeness (QED) is 0.637. The van der Waals surface area contributed by atoms with Crippen molar-refractivity contribution >= 4 is 21.6 Å². The molecule has 0 bridgehead atoms. The summed E-state index contributed by atoms with van der Waals surface area (Å²) in [6, 6.07) is 21.7. The molecule has 3 aromatic carbocycles. The molecular formula is C25H26N2O3S. The Hall–Kier alpha value is -3.12. The van der Waals surface area contributed by atoms with Gasteiger partial charge in [-0.25, -0.2) is 8.42 Å². The molecule has 0 fully saturated rings. The summed E-state index contributed by atoms with van der Waals surface area (Å²) in [6.45, 7) is 1.84. The maximum atomic E-state index is 13.0. The molecule has 31 heavy (non-hydrogen) atoms. The van der Waals surface area contributed by atoms with Crippen LogP contribution in [0.4, 0.5) is 5.69 Å². The molecule has 3 aromatic rings. The highest BCUT2D eigenvalue weighted by Crippen LogP contribution is 2.31. The molecule has 1 aliphatic rings. The van der Waals surface area contributed by atoms with Gasteiger partial charge in [-0.15, -0.1) is 0 Å². The average Bonchev–Trinajstić information content (AvgIpc) is 2.79. The van der Waals surface area contributed by atoms with E-state index in [0.717, 1.165) is 24.8 Å². The van der Waals surface area contributed by atoms with Crippen molar-refractivity contribution in [1.82, 2.24) is 5.32 Å². The lowest BCUT2D eigenvalue weighted by Gasteiger charge is -2.27. The second-order valence-electron chi connectivity index (χ2n) is 7.90. The van der Waals surface area contributed by atoms with Crippen molar-refractivity contribution in [3.63, 3.8) is 0 Å². The lowest BCUT2D eigenvalue weighted by atomic mass is 9.87. The van der Waals surface area contributed by atoms with Crippen LogP contribution in [-0.4, -0.2) is 21.4 Å². The number of anilines is 1. The molecule has 1 N–H and O–H groups in total. The third-order valence-corrected chi connectivity index (χ3v) is 7.67. The van der Waals surface area contributed by atoms with E-state index in [1.807, 2.05) is 19.1 Å². The summed E-state index contributed by atoms with van der Waals surface area (Å²) < 4.78 is 27.3. The van der Waals surface area contributed by atoms with Crippen LogP contribution in [0.25, 0.3) is 0 Å². The number of fused-ring (bicyclic) bond motifs is 1. The highest BCUT2D eigenvalue weighted by molar-refractivity contribution is 7.92. The van der Waals surface area contributed by atoms with E-state index in [2.05, 4.69) is 17.4 Å². The average molecular weight is 435 g/mol. The largest absolute Gasteiger partial charge is 0.345 e. The van der Waals surface area contributed by atoms with E-state index in [4.69, 9.17) is 0 Å². The van der Waals surface area contributed by atoms with Gasteiger partial charge in [-0.1, -0.05) is 48.5 Å². The monoisotopic (exact) mass is 434 g/mol. The van der Waals surface area contributed by atoms with Gasteiger partial charge in [0.05, 0.1) is 16.6 Å². The zero-order valence-electron chi connectivity index (χ0n) is 17.7. The fraction of sp³-hybridized carbons (Fsp3) is 0.240. The standard InChI is InChI=1S/C25H26N2O3S/c1-18-15-16-20(17-24(18)27(2)31(29,30)21-11-4-3-5-12-21)25(28)26-23-14-8-10-19-9-6-7-13-22(19)23/h3-7,9,11-13,15-17,23H,8,10,14H2,1-2H3,(H,26,28)/t23-/m0/s1. The fourth-order valence-electron chi connectivity index (χ4n) is 4.12. The molecule has 0 unspecified atom stereocenters. The predicted molar refractivity (Wildman–Crippen MR) is 123 cm³/mol. The normalized spacial score (nSPS) is 15.7. The zero-order chi connectivity index (χ0) is 22.0. The van der Waals surface area contributed by atoms with Crippen LogP contribution < -0.4 is 9.62 Å². The number of sulfonamides is 1. The number of nitrogens with one attached hydrogen (secondary N) is 1. The van der Waals surface area contributed by atoms with Gasteiger partial charge in [-0.3, -0.25) is 9.10 Å². The number of hydrogen-bond acceptors (Lipinski definition) is 3. The Bertz CT molecular complexity index is 1210. The van der Waals surface area contributed by atoms with Crippen LogP contribution in [0.3, 0.4) is 0 Å². The highest BCUT2D eigenvalue weighted by Gasteiger charge is 2.25. The number of rotatable bonds is 5. The van der Waals surface area contributed by atoms with Crippen molar-refractivity contribution in [2.24, 2.45) is 0 Å². The first-order chi connectivity index (χ1) is 14.9. The molecule has 1 atom stereocenters. The van der Waals surface area contributed by atoms with Crippen LogP contribution in [0, 0.1) is 6.92 Å². The third kappa shape index (κ3) is 4.21. The first kappa shape index (κ1) is 21.1. The van der Waals surface area contributed by atoms with Crippen LogP contribution in [0.2, 0.25) is 0 Å². The van der Waals surface area contributed by atoms with Gasteiger partial charge < -0.3 is 5.32 Å². The van der Waals surface area contributed by atoms with E-state index in [1.165, 1.54) is 22.5 Å². The van der Waals surface area contributed by atoms with Gasteiger partial charge in [-0.2, -0.15) is 0 Å². The minimum Gasteiger partial charge on any atom is -0.345 e. The van der Waals surface area contributed by atoms with Crippen molar-refractivity contribution in [3.8, 4) is 0 Å². The predicted octanol–water partition coefficient (Wildman–Crippen LogP) is 4.63. The summed E-state index contributed by atoms with van der Waals surface area (Å²) >= 11 is 0. The summed E-state index contributed by atoms with van der Waals surface area (Å²) in [4.78, 5) is 13.3. The molecule has 4 rings (SSSR count). The SMILES string of the molecule is Cc1ccc(C(=O)N[C@H]2CCCc3ccccc32)cc1N(C)S(=O)(=O)c1ccccc1. The van der Waals surface area contributed by atoms with Crippen molar-refractivity contribution in [3.05, 3.63) is 95.1 Å². The van der Waals surface area contributed by atoms with E-state index in [9.17, 15) is 13.2 Å². The van der Waals surface area contributed by atoms with Crippen molar-refractivity contribution in [1.29, 1.82) is 0 Å². The van der Waals surface area contributed by atoms with Crippen molar-refractivity contribution in [2.75, 3.05) is 11.4 Å². The maximum Gasteiger partial charge on any atom is 0.264 e. The van der Waals surface area contributed by atoms with E-state index in [-0.39, 0.29) is 16.8 Å². The Morgan fingerprint density at radius 2 is 1.71 bits per heavy atom. The lowest BCUT2D eigenvalue weighted by Crippen LogP contribution is -2.31. The zero-order valence-corrected chi connectivity index (χ0v) is 18.5. The summed E-state index contributed by atoms with van der Waals surface area (Å²) in [5, 5.41) is 3.14. The number of carbonyl (C=O) groups is 1. The van der Waals surface area contributed by atoms with E-state index in [0.29, 0.717) is 11.3 Å². The summed E-state index contributed by atoms with van der Waals surface area (Å²) in [5.41, 5.74) is 4.15. The van der Waals surface area contributed by atoms with Crippen LogP contribution in [0.5, 0.6) is 0 Å². The topological polar surface area (TPSA) is 66.5 Å².